The smallest absolute Gasteiger partial charge is 0.229 e. The Morgan fingerprint density at radius 1 is 1.29 bits per heavy atom. The first-order valence-electron chi connectivity index (χ1n) is 7.66. The van der Waals surface area contributed by atoms with Gasteiger partial charge in [-0.1, -0.05) is 34.8 Å². The van der Waals surface area contributed by atoms with Crippen LogP contribution in [0, 0.1) is 5.92 Å². The van der Waals surface area contributed by atoms with Gasteiger partial charge in [-0.3, -0.25) is 9.59 Å². The molecule has 1 aromatic rings. The van der Waals surface area contributed by atoms with Crippen molar-refractivity contribution in [1.82, 2.24) is 9.80 Å². The lowest BCUT2D eigenvalue weighted by Gasteiger charge is -2.18. The van der Waals surface area contributed by atoms with Crippen LogP contribution in [-0.4, -0.2) is 55.3 Å². The quantitative estimate of drug-likeness (QED) is 0.807. The highest BCUT2D eigenvalue weighted by atomic mass is 35.5. The molecular weight excluding hydrogens is 373 g/mol. The maximum atomic E-state index is 12.4. The van der Waals surface area contributed by atoms with Gasteiger partial charge in [0, 0.05) is 24.5 Å². The molecule has 24 heavy (non-hydrogen) atoms. The molecule has 1 fully saturated rings. The summed E-state index contributed by atoms with van der Waals surface area (Å²) in [5.41, 5.74) is 0.325. The molecule has 5 nitrogen and oxygen atoms in total. The summed E-state index contributed by atoms with van der Waals surface area (Å²) in [7, 11) is 3.98. The lowest BCUT2D eigenvalue weighted by molar-refractivity contribution is -0.128. The maximum absolute atomic E-state index is 12.4. The van der Waals surface area contributed by atoms with E-state index < -0.39 is 5.92 Å². The molecule has 0 spiro atoms. The Morgan fingerprint density at radius 3 is 2.50 bits per heavy atom. The van der Waals surface area contributed by atoms with E-state index in [0.29, 0.717) is 23.8 Å². The molecule has 1 aliphatic heterocycles. The highest BCUT2D eigenvalue weighted by Crippen LogP contribution is 2.34. The van der Waals surface area contributed by atoms with Crippen molar-refractivity contribution in [2.75, 3.05) is 39.0 Å². The van der Waals surface area contributed by atoms with E-state index in [1.54, 1.807) is 4.90 Å². The zero-order valence-corrected chi connectivity index (χ0v) is 15.9. The zero-order chi connectivity index (χ0) is 17.9. The zero-order valence-electron chi connectivity index (χ0n) is 13.6. The number of hydrogen-bond donors (Lipinski definition) is 1. The summed E-state index contributed by atoms with van der Waals surface area (Å²) in [5, 5.41) is 3.65. The Bertz CT molecular complexity index is 614. The number of nitrogens with one attached hydrogen (secondary N) is 1. The first kappa shape index (κ1) is 19.3. The van der Waals surface area contributed by atoms with Crippen molar-refractivity contribution in [3.63, 3.8) is 0 Å². The first-order chi connectivity index (χ1) is 11.3. The molecule has 0 bridgehead atoms. The van der Waals surface area contributed by atoms with E-state index in [4.69, 9.17) is 34.8 Å². The molecule has 1 unspecified atom stereocenters. The number of rotatable bonds is 6. The van der Waals surface area contributed by atoms with Crippen LogP contribution in [0.5, 0.6) is 0 Å². The minimum Gasteiger partial charge on any atom is -0.342 e. The Morgan fingerprint density at radius 2 is 1.92 bits per heavy atom. The number of likely N-dealkylation sites (tertiary alicyclic amines) is 1. The summed E-state index contributed by atoms with van der Waals surface area (Å²) < 4.78 is 0. The van der Waals surface area contributed by atoms with Gasteiger partial charge in [-0.15, -0.1) is 0 Å². The molecule has 0 saturated carbocycles. The van der Waals surface area contributed by atoms with Crippen molar-refractivity contribution in [3.05, 3.63) is 27.2 Å². The Kier molecular flexibility index (Phi) is 6.75. The third kappa shape index (κ3) is 4.99. The number of carbonyl (C=O) groups is 2. The van der Waals surface area contributed by atoms with Crippen molar-refractivity contribution in [1.29, 1.82) is 0 Å². The molecule has 1 aromatic carbocycles. The van der Waals surface area contributed by atoms with Crippen LogP contribution >= 0.6 is 34.8 Å². The molecule has 2 rings (SSSR count). The summed E-state index contributed by atoms with van der Waals surface area (Å²) in [6.07, 6.45) is 1.08. The molecule has 8 heteroatoms. The minimum absolute atomic E-state index is 0.00204. The van der Waals surface area contributed by atoms with Crippen LogP contribution in [0.1, 0.15) is 12.8 Å². The standard InChI is InChI=1S/C16H20Cl3N3O2/c1-21(2)4-3-5-22-9-10(6-14(22)23)16(24)20-15-12(18)7-11(17)8-13(15)19/h7-8,10H,3-6,9H2,1-2H3,(H,20,24). The number of amides is 2. The number of halogens is 3. The number of carbonyl (C=O) groups excluding carboxylic acids is 2. The fourth-order valence-corrected chi connectivity index (χ4v) is 3.54. The predicted molar refractivity (Wildman–Crippen MR) is 98.0 cm³/mol. The highest BCUT2D eigenvalue weighted by Gasteiger charge is 2.34. The Labute approximate surface area is 156 Å². The molecule has 0 aromatic heterocycles. The second kappa shape index (κ2) is 8.39. The Hall–Kier alpha value is -1.01. The van der Waals surface area contributed by atoms with E-state index in [1.807, 2.05) is 14.1 Å². The SMILES string of the molecule is CN(C)CCCN1CC(C(=O)Nc2c(Cl)cc(Cl)cc2Cl)CC1=O. The second-order valence-electron chi connectivity index (χ2n) is 6.13. The summed E-state index contributed by atoms with van der Waals surface area (Å²) in [5.74, 6) is -0.661. The lowest BCUT2D eigenvalue weighted by Crippen LogP contribution is -2.30. The van der Waals surface area contributed by atoms with E-state index in [-0.39, 0.29) is 28.3 Å². The lowest BCUT2D eigenvalue weighted by atomic mass is 10.1. The van der Waals surface area contributed by atoms with Crippen LogP contribution in [-0.2, 0) is 9.59 Å². The topological polar surface area (TPSA) is 52.6 Å². The molecule has 0 aliphatic carbocycles. The van der Waals surface area contributed by atoms with Crippen LogP contribution in [0.2, 0.25) is 15.1 Å². The van der Waals surface area contributed by atoms with Crippen molar-refractivity contribution in [2.45, 2.75) is 12.8 Å². The van der Waals surface area contributed by atoms with Gasteiger partial charge in [0.2, 0.25) is 11.8 Å². The number of benzene rings is 1. The summed E-state index contributed by atoms with van der Waals surface area (Å²) in [6, 6.07) is 3.02. The normalized spacial score (nSPS) is 17.7. The molecule has 1 heterocycles. The van der Waals surface area contributed by atoms with Gasteiger partial charge in [0.1, 0.15) is 0 Å². The predicted octanol–water partition coefficient (Wildman–Crippen LogP) is 3.39. The van der Waals surface area contributed by atoms with Gasteiger partial charge in [-0.05, 0) is 39.2 Å². The molecule has 1 aliphatic rings. The maximum Gasteiger partial charge on any atom is 0.229 e. The molecule has 2 amide bonds. The van der Waals surface area contributed by atoms with Crippen LogP contribution in [0.25, 0.3) is 0 Å². The van der Waals surface area contributed by atoms with Gasteiger partial charge in [0.05, 0.1) is 21.7 Å². The summed E-state index contributed by atoms with van der Waals surface area (Å²) >= 11 is 18.0. The van der Waals surface area contributed by atoms with Gasteiger partial charge in [-0.25, -0.2) is 0 Å². The monoisotopic (exact) mass is 391 g/mol. The molecule has 132 valence electrons. The van der Waals surface area contributed by atoms with E-state index >= 15 is 0 Å². The molecule has 1 N–H and O–H groups in total. The highest BCUT2D eigenvalue weighted by molar-refractivity contribution is 6.42. The van der Waals surface area contributed by atoms with Crippen LogP contribution in [0.3, 0.4) is 0 Å². The van der Waals surface area contributed by atoms with E-state index in [2.05, 4.69) is 10.2 Å². The van der Waals surface area contributed by atoms with Gasteiger partial charge in [0.25, 0.3) is 0 Å². The van der Waals surface area contributed by atoms with Crippen molar-refractivity contribution < 1.29 is 9.59 Å². The van der Waals surface area contributed by atoms with Gasteiger partial charge in [0.15, 0.2) is 0 Å². The Balaban J connectivity index is 1.95. The van der Waals surface area contributed by atoms with Gasteiger partial charge < -0.3 is 15.1 Å². The third-order valence-electron chi connectivity index (χ3n) is 3.87. The van der Waals surface area contributed by atoms with E-state index in [9.17, 15) is 9.59 Å². The molecular formula is C16H20Cl3N3O2. The molecule has 1 saturated heterocycles. The van der Waals surface area contributed by atoms with Crippen LogP contribution < -0.4 is 5.32 Å². The molecule has 0 radical (unpaired) electrons. The fraction of sp³-hybridized carbons (Fsp3) is 0.500. The van der Waals surface area contributed by atoms with Crippen LogP contribution in [0.4, 0.5) is 5.69 Å². The second-order valence-corrected chi connectivity index (χ2v) is 7.38. The number of nitrogens with zero attached hydrogens (tertiary/aromatic N) is 2. The van der Waals surface area contributed by atoms with Crippen LogP contribution in [0.15, 0.2) is 12.1 Å². The fourth-order valence-electron chi connectivity index (χ4n) is 2.63. The van der Waals surface area contributed by atoms with Crippen molar-refractivity contribution in [3.8, 4) is 0 Å². The van der Waals surface area contributed by atoms with Gasteiger partial charge in [-0.2, -0.15) is 0 Å². The third-order valence-corrected chi connectivity index (χ3v) is 4.69. The summed E-state index contributed by atoms with van der Waals surface area (Å²) in [4.78, 5) is 28.3. The van der Waals surface area contributed by atoms with E-state index in [0.717, 1.165) is 13.0 Å². The average molecular weight is 393 g/mol. The van der Waals surface area contributed by atoms with Crippen molar-refractivity contribution >= 4 is 52.3 Å². The average Bonchev–Trinajstić information content (AvgIpc) is 2.84. The first-order valence-corrected chi connectivity index (χ1v) is 8.79. The number of anilines is 1. The largest absolute Gasteiger partial charge is 0.342 e. The molecule has 1 atom stereocenters. The van der Waals surface area contributed by atoms with Crippen molar-refractivity contribution in [2.24, 2.45) is 5.92 Å². The van der Waals surface area contributed by atoms with E-state index in [1.165, 1.54) is 12.1 Å². The summed E-state index contributed by atoms with van der Waals surface area (Å²) in [6.45, 7) is 1.97. The number of hydrogen-bond acceptors (Lipinski definition) is 3. The van der Waals surface area contributed by atoms with Gasteiger partial charge >= 0.3 is 0 Å². The minimum atomic E-state index is -0.403.